The molecule has 1 atom stereocenters. The molecule has 2 aliphatic heterocycles. The van der Waals surface area contributed by atoms with Gasteiger partial charge in [0, 0.05) is 19.1 Å². The van der Waals surface area contributed by atoms with Crippen molar-refractivity contribution in [2.45, 2.75) is 30.3 Å². The van der Waals surface area contributed by atoms with Crippen LogP contribution in [0.25, 0.3) is 0 Å². The molecule has 1 unspecified atom stereocenters. The second-order valence-electron chi connectivity index (χ2n) is 8.56. The zero-order valence-corrected chi connectivity index (χ0v) is 20.6. The summed E-state index contributed by atoms with van der Waals surface area (Å²) < 4.78 is 77.9. The Bertz CT molecular complexity index is 1310. The van der Waals surface area contributed by atoms with Crippen LogP contribution in [0.5, 0.6) is 23.0 Å². The Hall–Kier alpha value is -3.11. The van der Waals surface area contributed by atoms with Crippen molar-refractivity contribution < 1.29 is 36.0 Å². The third kappa shape index (κ3) is 4.12. The van der Waals surface area contributed by atoms with Crippen LogP contribution in [0.1, 0.15) is 28.3 Å². The number of hydrogen-bond donors (Lipinski definition) is 0. The van der Waals surface area contributed by atoms with Gasteiger partial charge < -0.3 is 18.4 Å². The molecular formula is C26H23F4NO4S. The Kier molecular flexibility index (Phi) is 6.65. The first-order valence-corrected chi connectivity index (χ1v) is 12.0. The van der Waals surface area contributed by atoms with Crippen molar-refractivity contribution in [1.82, 2.24) is 4.90 Å². The Labute approximate surface area is 210 Å². The summed E-state index contributed by atoms with van der Waals surface area (Å²) in [6.45, 7) is 1.60. The third-order valence-corrected chi connectivity index (χ3v) is 7.48. The molecule has 190 valence electrons. The molecule has 0 saturated heterocycles. The highest BCUT2D eigenvalue weighted by molar-refractivity contribution is 7.95. The van der Waals surface area contributed by atoms with Gasteiger partial charge in [0.25, 0.3) is 0 Å². The lowest BCUT2D eigenvalue weighted by molar-refractivity contribution is 0.160. The minimum atomic E-state index is -1.63. The third-order valence-electron chi connectivity index (χ3n) is 6.69. The lowest BCUT2D eigenvalue weighted by atomic mass is 9.84. The summed E-state index contributed by atoms with van der Waals surface area (Å²) >= 11 is 0.180. The maximum Gasteiger partial charge on any atom is 0.205 e. The predicted octanol–water partition coefficient (Wildman–Crippen LogP) is 6.01. The summed E-state index contributed by atoms with van der Waals surface area (Å²) in [6.07, 6.45) is 1.60. The van der Waals surface area contributed by atoms with E-state index in [0.29, 0.717) is 18.7 Å². The molecule has 3 aromatic rings. The highest BCUT2D eigenvalue weighted by Gasteiger charge is 2.33. The Morgan fingerprint density at radius 2 is 1.53 bits per heavy atom. The van der Waals surface area contributed by atoms with Crippen LogP contribution < -0.4 is 18.4 Å². The van der Waals surface area contributed by atoms with Crippen LogP contribution >= 0.6 is 12.0 Å². The van der Waals surface area contributed by atoms with Crippen LogP contribution in [-0.4, -0.2) is 32.8 Å². The van der Waals surface area contributed by atoms with E-state index in [1.165, 1.54) is 18.2 Å². The van der Waals surface area contributed by atoms with Gasteiger partial charge in [-0.05, 0) is 59.4 Å². The molecule has 0 bridgehead atoms. The lowest BCUT2D eigenvalue weighted by Gasteiger charge is -2.41. The quantitative estimate of drug-likeness (QED) is 0.225. The van der Waals surface area contributed by atoms with E-state index in [1.54, 1.807) is 13.2 Å². The molecule has 0 amide bonds. The zero-order chi connectivity index (χ0) is 25.6. The molecule has 0 radical (unpaired) electrons. The summed E-state index contributed by atoms with van der Waals surface area (Å²) in [5.41, 5.74) is 4.52. The van der Waals surface area contributed by atoms with Gasteiger partial charge in [-0.1, -0.05) is 6.07 Å². The molecule has 0 fully saturated rings. The second-order valence-corrected chi connectivity index (χ2v) is 9.30. The first-order chi connectivity index (χ1) is 17.4. The van der Waals surface area contributed by atoms with Crippen molar-refractivity contribution in [3.63, 3.8) is 0 Å². The normalized spacial score (nSPS) is 16.6. The number of ether oxygens (including phenoxy) is 3. The molecule has 0 N–H and O–H groups in total. The molecule has 0 saturated carbocycles. The van der Waals surface area contributed by atoms with E-state index in [4.69, 9.17) is 13.7 Å². The fourth-order valence-corrected chi connectivity index (χ4v) is 5.49. The number of nitrogens with zero attached hydrogens (tertiary/aromatic N) is 1. The minimum absolute atomic E-state index is 0.153. The number of rotatable bonds is 6. The summed E-state index contributed by atoms with van der Waals surface area (Å²) in [4.78, 5) is 1.45. The molecule has 0 aliphatic carbocycles. The minimum Gasteiger partial charge on any atom is -0.497 e. The molecule has 0 aromatic heterocycles. The summed E-state index contributed by atoms with van der Waals surface area (Å²) in [7, 11) is 4.01. The first-order valence-electron chi connectivity index (χ1n) is 11.2. The molecule has 2 aliphatic rings. The van der Waals surface area contributed by atoms with E-state index in [-0.39, 0.29) is 23.8 Å². The van der Waals surface area contributed by atoms with E-state index in [9.17, 15) is 17.6 Å². The van der Waals surface area contributed by atoms with E-state index < -0.39 is 33.9 Å². The van der Waals surface area contributed by atoms with Gasteiger partial charge in [0.2, 0.25) is 11.6 Å². The molecule has 5 nitrogen and oxygen atoms in total. The van der Waals surface area contributed by atoms with Crippen molar-refractivity contribution in [1.29, 1.82) is 0 Å². The van der Waals surface area contributed by atoms with Gasteiger partial charge >= 0.3 is 0 Å². The second kappa shape index (κ2) is 9.74. The number of halogens is 4. The lowest BCUT2D eigenvalue weighted by Crippen LogP contribution is -2.39. The Balaban J connectivity index is 1.44. The van der Waals surface area contributed by atoms with Crippen molar-refractivity contribution in [2.24, 2.45) is 0 Å². The van der Waals surface area contributed by atoms with Gasteiger partial charge in [0.1, 0.15) is 10.6 Å². The molecule has 3 aromatic carbocycles. The van der Waals surface area contributed by atoms with Crippen LogP contribution in [0.4, 0.5) is 17.6 Å². The number of fused-ring (bicyclic) bond motifs is 4. The van der Waals surface area contributed by atoms with Gasteiger partial charge in [-0.15, -0.1) is 0 Å². The number of benzene rings is 3. The van der Waals surface area contributed by atoms with Gasteiger partial charge in [-0.2, -0.15) is 8.78 Å². The fourth-order valence-electron chi connectivity index (χ4n) is 4.86. The van der Waals surface area contributed by atoms with Crippen molar-refractivity contribution in [3.8, 4) is 23.0 Å². The molecule has 10 heteroatoms. The number of hydrogen-bond acceptors (Lipinski definition) is 6. The standard InChI is InChI=1S/C26H23F4NO4S/c1-32-16-4-5-17-13(8-16)6-7-31-12-15-11-19(33-2)20(10-14(15)9-18(17)31)35-36-26-23(29)21(27)25(34-3)22(28)24(26)30/h4-5,8,10-11,18H,6-7,9,12H2,1-3H3. The van der Waals surface area contributed by atoms with E-state index in [1.807, 2.05) is 12.1 Å². The smallest absolute Gasteiger partial charge is 0.205 e. The maximum atomic E-state index is 14.4. The molecule has 5 rings (SSSR count). The van der Waals surface area contributed by atoms with E-state index in [2.05, 4.69) is 21.8 Å². The summed E-state index contributed by atoms with van der Waals surface area (Å²) in [6, 6.07) is 9.84. The van der Waals surface area contributed by atoms with Crippen molar-refractivity contribution in [3.05, 3.63) is 75.9 Å². The largest absolute Gasteiger partial charge is 0.497 e. The molecule has 2 heterocycles. The van der Waals surface area contributed by atoms with Crippen molar-refractivity contribution in [2.75, 3.05) is 27.9 Å². The molecular weight excluding hydrogens is 498 g/mol. The Morgan fingerprint density at radius 1 is 0.806 bits per heavy atom. The van der Waals surface area contributed by atoms with Crippen LogP contribution in [0.3, 0.4) is 0 Å². The monoisotopic (exact) mass is 521 g/mol. The number of methoxy groups -OCH3 is 3. The highest BCUT2D eigenvalue weighted by atomic mass is 32.2. The van der Waals surface area contributed by atoms with Gasteiger partial charge in [0.05, 0.1) is 33.4 Å². The van der Waals surface area contributed by atoms with E-state index in [0.717, 1.165) is 37.0 Å². The topological polar surface area (TPSA) is 40.2 Å². The highest BCUT2D eigenvalue weighted by Crippen LogP contribution is 2.44. The average Bonchev–Trinajstić information content (AvgIpc) is 2.90. The van der Waals surface area contributed by atoms with Crippen LogP contribution in [0.15, 0.2) is 35.2 Å². The summed E-state index contributed by atoms with van der Waals surface area (Å²) in [5, 5.41) is 0. The van der Waals surface area contributed by atoms with Crippen LogP contribution in [0.2, 0.25) is 0 Å². The average molecular weight is 522 g/mol. The SMILES string of the molecule is COc1ccc2c(c1)CCN1Cc3cc(OC)c(OSc4c(F)c(F)c(OC)c(F)c4F)cc3CC21. The van der Waals surface area contributed by atoms with Gasteiger partial charge in [-0.25, -0.2) is 8.78 Å². The molecule has 0 spiro atoms. The van der Waals surface area contributed by atoms with Gasteiger partial charge in [0.15, 0.2) is 28.9 Å². The summed E-state index contributed by atoms with van der Waals surface area (Å²) in [5.74, 6) is -6.24. The Morgan fingerprint density at radius 3 is 2.19 bits per heavy atom. The molecule has 36 heavy (non-hydrogen) atoms. The van der Waals surface area contributed by atoms with Crippen LogP contribution in [0, 0.1) is 23.3 Å². The first kappa shape index (κ1) is 24.6. The van der Waals surface area contributed by atoms with Crippen LogP contribution in [-0.2, 0) is 19.4 Å². The van der Waals surface area contributed by atoms with Crippen molar-refractivity contribution >= 4 is 12.0 Å². The fraction of sp³-hybridized carbons (Fsp3) is 0.308. The predicted molar refractivity (Wildman–Crippen MR) is 126 cm³/mol. The van der Waals surface area contributed by atoms with E-state index >= 15 is 0 Å². The maximum absolute atomic E-state index is 14.4. The zero-order valence-electron chi connectivity index (χ0n) is 19.8. The van der Waals surface area contributed by atoms with Gasteiger partial charge in [-0.3, -0.25) is 4.90 Å².